The molecule has 8 nitrogen and oxygen atoms in total. The van der Waals surface area contributed by atoms with Gasteiger partial charge >= 0.3 is 5.97 Å². The molecule has 70 heavy (non-hydrogen) atoms. The lowest BCUT2D eigenvalue weighted by Crippen LogP contribution is -2.37. The summed E-state index contributed by atoms with van der Waals surface area (Å²) in [5.41, 5.74) is 0. The molecule has 0 N–H and O–H groups in total. The van der Waals surface area contributed by atoms with Gasteiger partial charge in [-0.05, 0) is 12.8 Å². The van der Waals surface area contributed by atoms with Gasteiger partial charge in [-0.15, -0.1) is 0 Å². The van der Waals surface area contributed by atoms with E-state index in [4.69, 9.17) is 18.5 Å². The van der Waals surface area contributed by atoms with Crippen molar-refractivity contribution in [2.24, 2.45) is 0 Å². The monoisotopic (exact) mass is 1010 g/mol. The van der Waals surface area contributed by atoms with Gasteiger partial charge < -0.3 is 27.9 Å². The molecule has 2 unspecified atom stereocenters. The molecule has 0 amide bonds. The van der Waals surface area contributed by atoms with Crippen molar-refractivity contribution in [2.45, 2.75) is 335 Å². The summed E-state index contributed by atoms with van der Waals surface area (Å²) in [7, 11) is 1.39. The molecule has 0 heterocycles. The highest BCUT2D eigenvalue weighted by Crippen LogP contribution is 2.38. The van der Waals surface area contributed by atoms with Gasteiger partial charge in [0.05, 0.1) is 34.4 Å². The van der Waals surface area contributed by atoms with E-state index in [1.807, 2.05) is 21.1 Å². The number of likely N-dealkylation sites (N-methyl/N-ethyl adjacent to an activating group) is 1. The Labute approximate surface area is 438 Å². The lowest BCUT2D eigenvalue weighted by atomic mass is 10.0. The highest BCUT2D eigenvalue weighted by atomic mass is 31.2. The lowest BCUT2D eigenvalue weighted by molar-refractivity contribution is -0.870. The number of nitrogens with zero attached hydrogens (tertiary/aromatic N) is 1. The topological polar surface area (TPSA) is 94.1 Å². The van der Waals surface area contributed by atoms with Crippen molar-refractivity contribution in [3.8, 4) is 0 Å². The van der Waals surface area contributed by atoms with Gasteiger partial charge in [0, 0.05) is 13.0 Å². The van der Waals surface area contributed by atoms with Crippen LogP contribution in [0.1, 0.15) is 328 Å². The first kappa shape index (κ1) is 69.5. The third kappa shape index (κ3) is 58.4. The first-order valence-electron chi connectivity index (χ1n) is 31.3. The Hall–Kier alpha value is -0.500. The standard InChI is InChI=1S/C61H124NO7P/c1-6-8-10-12-14-16-18-20-22-24-26-28-30-31-32-34-36-38-40-42-44-46-48-50-52-54-61(63)69-60(59-68-70(64,65)67-57-55-62(3,4)5)58-66-56-53-51-49-47-45-43-41-39-37-35-33-29-27-25-23-21-19-17-15-13-11-9-7-2/h60H,6-59H2,1-5H3. The smallest absolute Gasteiger partial charge is 0.306 e. The van der Waals surface area contributed by atoms with Crippen LogP contribution in [0, 0.1) is 0 Å². The summed E-state index contributed by atoms with van der Waals surface area (Å²) >= 11 is 0. The summed E-state index contributed by atoms with van der Waals surface area (Å²) in [6.45, 7) is 5.52. The highest BCUT2D eigenvalue weighted by molar-refractivity contribution is 7.45. The fourth-order valence-electron chi connectivity index (χ4n) is 9.61. The average molecular weight is 1010 g/mol. The molecule has 0 radical (unpaired) electrons. The fraction of sp³-hybridized carbons (Fsp3) is 0.984. The van der Waals surface area contributed by atoms with Crippen LogP contribution in [0.2, 0.25) is 0 Å². The minimum atomic E-state index is -4.53. The van der Waals surface area contributed by atoms with Crippen molar-refractivity contribution < 1.29 is 37.3 Å². The van der Waals surface area contributed by atoms with Gasteiger partial charge in [-0.25, -0.2) is 0 Å². The second-order valence-electron chi connectivity index (χ2n) is 22.8. The number of hydrogen-bond donors (Lipinski definition) is 0. The van der Waals surface area contributed by atoms with Gasteiger partial charge in [0.1, 0.15) is 19.3 Å². The molecule has 0 aliphatic rings. The molecular formula is C61H124NO7P. The molecule has 420 valence electrons. The summed E-state index contributed by atoms with van der Waals surface area (Å²) in [5, 5.41) is 0. The molecule has 0 rings (SSSR count). The van der Waals surface area contributed by atoms with E-state index in [0.29, 0.717) is 24.1 Å². The summed E-state index contributed by atoms with van der Waals surface area (Å²) in [5.74, 6) is -0.322. The Kier molecular flexibility index (Phi) is 54.4. The molecule has 0 saturated carbocycles. The maximum absolute atomic E-state index is 12.8. The predicted octanol–water partition coefficient (Wildman–Crippen LogP) is 19.3. The van der Waals surface area contributed by atoms with Crippen LogP contribution >= 0.6 is 7.82 Å². The summed E-state index contributed by atoms with van der Waals surface area (Å²) < 4.78 is 34.9. The van der Waals surface area contributed by atoms with E-state index in [1.54, 1.807) is 0 Å². The largest absolute Gasteiger partial charge is 0.756 e. The molecule has 2 atom stereocenters. The highest BCUT2D eigenvalue weighted by Gasteiger charge is 2.20. The summed E-state index contributed by atoms with van der Waals surface area (Å²) in [6, 6.07) is 0. The van der Waals surface area contributed by atoms with Crippen molar-refractivity contribution in [2.75, 3.05) is 54.1 Å². The number of carbonyl (C=O) groups is 1. The number of ether oxygens (including phenoxy) is 2. The number of phosphoric ester groups is 1. The van der Waals surface area contributed by atoms with Gasteiger partial charge in [0.25, 0.3) is 7.82 Å². The molecule has 0 fully saturated rings. The Bertz CT molecular complexity index is 1090. The van der Waals surface area contributed by atoms with Crippen LogP contribution < -0.4 is 4.89 Å². The Morgan fingerprint density at radius 1 is 0.386 bits per heavy atom. The van der Waals surface area contributed by atoms with E-state index in [2.05, 4.69) is 13.8 Å². The van der Waals surface area contributed by atoms with Crippen LogP contribution in [0.4, 0.5) is 0 Å². The molecular weight excluding hydrogens is 890 g/mol. The van der Waals surface area contributed by atoms with Crippen LogP contribution in [0.25, 0.3) is 0 Å². The minimum Gasteiger partial charge on any atom is -0.756 e. The van der Waals surface area contributed by atoms with Crippen LogP contribution in [-0.4, -0.2) is 70.7 Å². The molecule has 0 spiro atoms. The number of quaternary nitrogens is 1. The van der Waals surface area contributed by atoms with Crippen LogP contribution in [0.15, 0.2) is 0 Å². The van der Waals surface area contributed by atoms with Gasteiger partial charge in [0.2, 0.25) is 0 Å². The molecule has 9 heteroatoms. The Balaban J connectivity index is 3.96. The van der Waals surface area contributed by atoms with E-state index in [1.165, 1.54) is 276 Å². The second-order valence-corrected chi connectivity index (χ2v) is 24.2. The lowest BCUT2D eigenvalue weighted by Gasteiger charge is -2.28. The number of hydrogen-bond acceptors (Lipinski definition) is 7. The molecule has 0 aliphatic carbocycles. The number of carbonyl (C=O) groups excluding carboxylic acids is 1. The maximum atomic E-state index is 12.8. The number of phosphoric acid groups is 1. The number of rotatable bonds is 60. The molecule has 0 aliphatic heterocycles. The predicted molar refractivity (Wildman–Crippen MR) is 301 cm³/mol. The zero-order valence-corrected chi connectivity index (χ0v) is 48.9. The zero-order chi connectivity index (χ0) is 51.2. The van der Waals surface area contributed by atoms with Crippen molar-refractivity contribution in [3.05, 3.63) is 0 Å². The van der Waals surface area contributed by atoms with Gasteiger partial charge in [-0.1, -0.05) is 309 Å². The van der Waals surface area contributed by atoms with E-state index >= 15 is 0 Å². The number of esters is 1. The van der Waals surface area contributed by atoms with E-state index in [9.17, 15) is 14.3 Å². The quantitative estimate of drug-likeness (QED) is 0.0259. The van der Waals surface area contributed by atoms with Crippen molar-refractivity contribution >= 4 is 13.8 Å². The molecule has 0 saturated heterocycles. The van der Waals surface area contributed by atoms with E-state index in [-0.39, 0.29) is 25.8 Å². The first-order chi connectivity index (χ1) is 34.1. The normalized spacial score (nSPS) is 13.3. The minimum absolute atomic E-state index is 0.0321. The van der Waals surface area contributed by atoms with E-state index < -0.39 is 13.9 Å². The van der Waals surface area contributed by atoms with E-state index in [0.717, 1.165) is 32.1 Å². The molecule has 0 aromatic rings. The van der Waals surface area contributed by atoms with Gasteiger partial charge in [-0.3, -0.25) is 9.36 Å². The maximum Gasteiger partial charge on any atom is 0.306 e. The Morgan fingerprint density at radius 3 is 0.943 bits per heavy atom. The zero-order valence-electron chi connectivity index (χ0n) is 48.0. The molecule has 0 aromatic heterocycles. The second kappa shape index (κ2) is 54.8. The first-order valence-corrected chi connectivity index (χ1v) is 32.7. The Morgan fingerprint density at radius 2 is 0.657 bits per heavy atom. The van der Waals surface area contributed by atoms with Crippen LogP contribution in [0.3, 0.4) is 0 Å². The van der Waals surface area contributed by atoms with Crippen molar-refractivity contribution in [1.82, 2.24) is 0 Å². The third-order valence-corrected chi connectivity index (χ3v) is 15.4. The molecule has 0 aromatic carbocycles. The van der Waals surface area contributed by atoms with Gasteiger partial charge in [-0.2, -0.15) is 0 Å². The summed E-state index contributed by atoms with van der Waals surface area (Å²) in [6.07, 6.45) is 64.5. The van der Waals surface area contributed by atoms with Crippen molar-refractivity contribution in [1.29, 1.82) is 0 Å². The summed E-state index contributed by atoms with van der Waals surface area (Å²) in [4.78, 5) is 25.3. The van der Waals surface area contributed by atoms with Crippen molar-refractivity contribution in [3.63, 3.8) is 0 Å². The van der Waals surface area contributed by atoms with Gasteiger partial charge in [0.15, 0.2) is 0 Å². The van der Waals surface area contributed by atoms with Crippen LogP contribution in [0.5, 0.6) is 0 Å². The average Bonchev–Trinajstić information content (AvgIpc) is 3.32. The fourth-order valence-corrected chi connectivity index (χ4v) is 10.3. The third-order valence-electron chi connectivity index (χ3n) is 14.4. The van der Waals surface area contributed by atoms with Crippen LogP contribution in [-0.2, 0) is 27.9 Å². The number of unbranched alkanes of at least 4 members (excludes halogenated alkanes) is 46. The molecule has 0 bridgehead atoms. The SMILES string of the molecule is CCCCCCCCCCCCCCCCCCCCCCCCCCCC(=O)OC(COCCCCCCCCCCCCCCCCCCCCCCCCC)COP(=O)([O-])OCC[N+](C)(C)C.